The summed E-state index contributed by atoms with van der Waals surface area (Å²) in [5.74, 6) is 2.72. The van der Waals surface area contributed by atoms with E-state index in [2.05, 4.69) is 23.7 Å². The van der Waals surface area contributed by atoms with Gasteiger partial charge in [0, 0.05) is 6.42 Å². The van der Waals surface area contributed by atoms with Gasteiger partial charge in [-0.2, -0.15) is 0 Å². The van der Waals surface area contributed by atoms with Gasteiger partial charge in [-0.15, -0.1) is 0 Å². The molecule has 10 heavy (non-hydrogen) atoms. The second-order valence-corrected chi connectivity index (χ2v) is 1.95. The van der Waals surface area contributed by atoms with Gasteiger partial charge in [0.15, 0.2) is 0 Å². The zero-order valence-corrected chi connectivity index (χ0v) is 6.22. The molecular weight excluding hydrogens is 128 g/mol. The van der Waals surface area contributed by atoms with Gasteiger partial charge in [0.05, 0.1) is 0 Å². The molecule has 0 saturated heterocycles. The van der Waals surface area contributed by atoms with Crippen LogP contribution in [0, 0.1) is 12.0 Å². The maximum atomic E-state index is 9.57. The summed E-state index contributed by atoms with van der Waals surface area (Å²) in [5.41, 5.74) is 0. The van der Waals surface area contributed by atoms with Crippen LogP contribution in [0.3, 0.4) is 0 Å². The number of ether oxygens (including phenoxy) is 1. The Kier molecular flexibility index (Phi) is 7.25. The summed E-state index contributed by atoms with van der Waals surface area (Å²) < 4.78 is 4.17. The van der Waals surface area contributed by atoms with Gasteiger partial charge in [0.25, 0.3) is 0 Å². The molecular formula is C8H12O2. The van der Waals surface area contributed by atoms with Gasteiger partial charge in [-0.05, 0) is 6.42 Å². The molecule has 0 spiro atoms. The predicted molar refractivity (Wildman–Crippen MR) is 39.1 cm³/mol. The Bertz CT molecular complexity index is 130. The first kappa shape index (κ1) is 9.03. The Morgan fingerprint density at radius 2 is 2.30 bits per heavy atom. The third-order valence-corrected chi connectivity index (χ3v) is 1.08. The Morgan fingerprint density at radius 3 is 2.90 bits per heavy atom. The van der Waals surface area contributed by atoms with Crippen molar-refractivity contribution in [2.75, 3.05) is 0 Å². The zero-order chi connectivity index (χ0) is 7.66. The first-order valence-corrected chi connectivity index (χ1v) is 3.49. The Hall–Kier alpha value is -0.970. The van der Waals surface area contributed by atoms with Crippen LogP contribution < -0.4 is 0 Å². The van der Waals surface area contributed by atoms with Gasteiger partial charge < -0.3 is 4.74 Å². The van der Waals surface area contributed by atoms with E-state index in [0.717, 1.165) is 12.8 Å². The van der Waals surface area contributed by atoms with Crippen LogP contribution in [-0.2, 0) is 9.53 Å². The summed E-state index contributed by atoms with van der Waals surface area (Å²) in [7, 11) is 0. The average Bonchev–Trinajstić information content (AvgIpc) is 1.97. The van der Waals surface area contributed by atoms with E-state index in [4.69, 9.17) is 0 Å². The smallest absolute Gasteiger partial charge is 0.307 e. The van der Waals surface area contributed by atoms with Gasteiger partial charge in [0.2, 0.25) is 0 Å². The maximum Gasteiger partial charge on any atom is 0.307 e. The second-order valence-electron chi connectivity index (χ2n) is 1.95. The fraction of sp³-hybridized carbons (Fsp3) is 0.625. The molecule has 0 rings (SSSR count). The molecule has 0 N–H and O–H groups in total. The number of carbonyl (C=O) groups excluding carboxylic acids is 1. The molecule has 0 radical (unpaired) electrons. The highest BCUT2D eigenvalue weighted by atomic mass is 16.5. The van der Waals surface area contributed by atoms with E-state index >= 15 is 0 Å². The minimum Gasteiger partial charge on any atom is -0.375 e. The molecule has 0 atom stereocenters. The lowest BCUT2D eigenvalue weighted by Crippen LogP contribution is -1.74. The molecule has 0 saturated carbocycles. The van der Waals surface area contributed by atoms with E-state index in [1.165, 1.54) is 12.8 Å². The lowest BCUT2D eigenvalue weighted by atomic mass is 10.2. The molecule has 0 bridgehead atoms. The molecule has 0 aromatic rings. The fourth-order valence-electron chi connectivity index (χ4n) is 0.580. The molecule has 0 amide bonds. The zero-order valence-electron chi connectivity index (χ0n) is 6.22. The fourth-order valence-corrected chi connectivity index (χ4v) is 0.580. The SMILES string of the molecule is CCCCCC#COC=O. The van der Waals surface area contributed by atoms with Crippen LogP contribution in [0.1, 0.15) is 32.6 Å². The molecule has 2 nitrogen and oxygen atoms in total. The van der Waals surface area contributed by atoms with Crippen molar-refractivity contribution in [2.24, 2.45) is 0 Å². The van der Waals surface area contributed by atoms with Gasteiger partial charge in [-0.1, -0.05) is 25.7 Å². The van der Waals surface area contributed by atoms with E-state index in [1.807, 2.05) is 0 Å². The lowest BCUT2D eigenvalue weighted by molar-refractivity contribution is -0.122. The normalized spacial score (nSPS) is 7.70. The minimum atomic E-state index is 0.340. The molecule has 0 aliphatic heterocycles. The largest absolute Gasteiger partial charge is 0.375 e. The highest BCUT2D eigenvalue weighted by Gasteiger charge is 1.79. The number of unbranched alkanes of at least 4 members (excludes halogenated alkanes) is 3. The molecule has 56 valence electrons. The van der Waals surface area contributed by atoms with Crippen molar-refractivity contribution < 1.29 is 9.53 Å². The van der Waals surface area contributed by atoms with Gasteiger partial charge in [-0.3, -0.25) is 4.79 Å². The van der Waals surface area contributed by atoms with Crippen LogP contribution in [0.25, 0.3) is 0 Å². The third-order valence-electron chi connectivity index (χ3n) is 1.08. The van der Waals surface area contributed by atoms with Crippen molar-refractivity contribution in [3.63, 3.8) is 0 Å². The van der Waals surface area contributed by atoms with Crippen LogP contribution in [0.5, 0.6) is 0 Å². The van der Waals surface area contributed by atoms with Crippen LogP contribution in [0.4, 0.5) is 0 Å². The van der Waals surface area contributed by atoms with Crippen molar-refractivity contribution in [2.45, 2.75) is 32.6 Å². The molecule has 2 heteroatoms. The summed E-state index contributed by atoms with van der Waals surface area (Å²) in [4.78, 5) is 9.57. The second kappa shape index (κ2) is 8.03. The number of hydrogen-bond acceptors (Lipinski definition) is 2. The Morgan fingerprint density at radius 1 is 1.50 bits per heavy atom. The van der Waals surface area contributed by atoms with E-state index < -0.39 is 0 Å². The lowest BCUT2D eigenvalue weighted by Gasteiger charge is -1.87. The third kappa shape index (κ3) is 7.03. The maximum absolute atomic E-state index is 9.57. The van der Waals surface area contributed by atoms with Crippen LogP contribution in [0.15, 0.2) is 0 Å². The van der Waals surface area contributed by atoms with Crippen LogP contribution in [-0.4, -0.2) is 6.47 Å². The summed E-state index contributed by atoms with van der Waals surface area (Å²) in [5, 5.41) is 0. The highest BCUT2D eigenvalue weighted by Crippen LogP contribution is 1.96. The highest BCUT2D eigenvalue weighted by molar-refractivity contribution is 5.39. The molecule has 0 aliphatic rings. The monoisotopic (exact) mass is 140 g/mol. The van der Waals surface area contributed by atoms with Gasteiger partial charge in [0.1, 0.15) is 6.11 Å². The molecule has 0 aromatic heterocycles. The van der Waals surface area contributed by atoms with Gasteiger partial charge in [-0.25, -0.2) is 0 Å². The summed E-state index contributed by atoms with van der Waals surface area (Å²) in [6.07, 6.45) is 6.57. The Balaban J connectivity index is 3.03. The van der Waals surface area contributed by atoms with Crippen molar-refractivity contribution in [1.29, 1.82) is 0 Å². The van der Waals surface area contributed by atoms with E-state index in [-0.39, 0.29) is 0 Å². The minimum absolute atomic E-state index is 0.340. The standard InChI is InChI=1S/C8H12O2/c1-2-3-4-5-6-7-10-8-9/h8H,2-5H2,1H3. The number of hydrogen-bond donors (Lipinski definition) is 0. The summed E-state index contributed by atoms with van der Waals surface area (Å²) >= 11 is 0. The molecule has 0 heterocycles. The van der Waals surface area contributed by atoms with Crippen molar-refractivity contribution in [3.8, 4) is 12.0 Å². The predicted octanol–water partition coefficient (Wildman–Crippen LogP) is 1.70. The molecule has 0 fully saturated rings. The summed E-state index contributed by atoms with van der Waals surface area (Å²) in [6, 6.07) is 0. The van der Waals surface area contributed by atoms with Crippen LogP contribution in [0.2, 0.25) is 0 Å². The Labute approximate surface area is 61.6 Å². The quantitative estimate of drug-likeness (QED) is 0.337. The molecule has 0 unspecified atom stereocenters. The number of rotatable bonds is 4. The van der Waals surface area contributed by atoms with Crippen LogP contribution >= 0.6 is 0 Å². The topological polar surface area (TPSA) is 26.3 Å². The van der Waals surface area contributed by atoms with Gasteiger partial charge >= 0.3 is 6.47 Å². The first-order chi connectivity index (χ1) is 4.91. The van der Waals surface area contributed by atoms with Crippen molar-refractivity contribution in [1.82, 2.24) is 0 Å². The van der Waals surface area contributed by atoms with E-state index in [1.54, 1.807) is 0 Å². The number of carbonyl (C=O) groups is 1. The van der Waals surface area contributed by atoms with E-state index in [0.29, 0.717) is 6.47 Å². The van der Waals surface area contributed by atoms with E-state index in [9.17, 15) is 4.79 Å². The molecule has 0 aromatic carbocycles. The first-order valence-electron chi connectivity index (χ1n) is 3.49. The van der Waals surface area contributed by atoms with Crippen molar-refractivity contribution in [3.05, 3.63) is 0 Å². The van der Waals surface area contributed by atoms with Crippen molar-refractivity contribution >= 4 is 6.47 Å². The molecule has 0 aliphatic carbocycles. The summed E-state index contributed by atoms with van der Waals surface area (Å²) in [6.45, 7) is 2.47. The average molecular weight is 140 g/mol.